The van der Waals surface area contributed by atoms with Crippen LogP contribution in [-0.4, -0.2) is 50.2 Å². The number of likely N-dealkylation sites (tertiary alicyclic amines) is 1. The Balaban J connectivity index is 1.42. The lowest BCUT2D eigenvalue weighted by molar-refractivity contribution is -0.133. The first-order valence-corrected chi connectivity index (χ1v) is 10.1. The minimum Gasteiger partial charge on any atom is -0.445 e. The predicted molar refractivity (Wildman–Crippen MR) is 98.6 cm³/mol. The molecule has 1 aliphatic heterocycles. The number of rotatable bonds is 6. The van der Waals surface area contributed by atoms with Gasteiger partial charge in [0, 0.05) is 13.1 Å². The lowest BCUT2D eigenvalue weighted by Gasteiger charge is -2.38. The lowest BCUT2D eigenvalue weighted by Crippen LogP contribution is -2.58. The maximum atomic E-state index is 12.9. The number of carbonyl (C=O) groups excluding carboxylic acids is 2. The summed E-state index contributed by atoms with van der Waals surface area (Å²) in [7, 11) is -3.63. The molecule has 0 atom stereocenters. The molecule has 2 aromatic rings. The van der Waals surface area contributed by atoms with Gasteiger partial charge >= 0.3 is 6.09 Å². The second kappa shape index (κ2) is 8.39. The molecular weight excluding hydrogens is 387 g/mol. The van der Waals surface area contributed by atoms with E-state index < -0.39 is 32.9 Å². The highest BCUT2D eigenvalue weighted by molar-refractivity contribution is 7.92. The van der Waals surface area contributed by atoms with E-state index in [9.17, 15) is 22.4 Å². The number of alkyl carbamates (subject to hydrolysis) is 1. The van der Waals surface area contributed by atoms with Gasteiger partial charge in [-0.25, -0.2) is 17.6 Å². The molecule has 2 amide bonds. The highest BCUT2D eigenvalue weighted by Crippen LogP contribution is 2.23. The molecule has 7 nitrogen and oxygen atoms in total. The average Bonchev–Trinajstić information content (AvgIpc) is 2.64. The van der Waals surface area contributed by atoms with Crippen LogP contribution in [0.1, 0.15) is 5.56 Å². The topological polar surface area (TPSA) is 92.8 Å². The van der Waals surface area contributed by atoms with E-state index >= 15 is 0 Å². The molecule has 9 heteroatoms. The summed E-state index contributed by atoms with van der Waals surface area (Å²) >= 11 is 0. The monoisotopic (exact) mass is 406 g/mol. The minimum absolute atomic E-state index is 0.0219. The highest BCUT2D eigenvalue weighted by atomic mass is 32.2. The molecule has 0 aromatic heterocycles. The van der Waals surface area contributed by atoms with Gasteiger partial charge < -0.3 is 15.0 Å². The molecule has 28 heavy (non-hydrogen) atoms. The van der Waals surface area contributed by atoms with Crippen molar-refractivity contribution in [2.45, 2.75) is 16.8 Å². The van der Waals surface area contributed by atoms with Crippen molar-refractivity contribution in [3.05, 3.63) is 66.0 Å². The van der Waals surface area contributed by atoms with Gasteiger partial charge in [-0.05, 0) is 29.8 Å². The third-order valence-corrected chi connectivity index (χ3v) is 6.48. The fourth-order valence-corrected chi connectivity index (χ4v) is 4.34. The normalized spacial score (nSPS) is 14.2. The van der Waals surface area contributed by atoms with Crippen molar-refractivity contribution < 1.29 is 27.1 Å². The highest BCUT2D eigenvalue weighted by Gasteiger charge is 2.40. The quantitative estimate of drug-likeness (QED) is 0.738. The largest absolute Gasteiger partial charge is 0.445 e. The zero-order chi connectivity index (χ0) is 20.1. The maximum Gasteiger partial charge on any atom is 0.407 e. The van der Waals surface area contributed by atoms with Crippen molar-refractivity contribution in [2.75, 3.05) is 19.6 Å². The minimum atomic E-state index is -3.63. The van der Waals surface area contributed by atoms with Gasteiger partial charge in [0.25, 0.3) is 0 Å². The molecule has 1 N–H and O–H groups in total. The standard InChI is InChI=1S/C19H19FN2O5S/c20-15-6-8-16(9-7-15)28(25,26)17-11-22(12-17)18(23)10-21-19(24)27-13-14-4-2-1-3-5-14/h1-9,17H,10-13H2,(H,21,24). The van der Waals surface area contributed by atoms with Gasteiger partial charge in [0.15, 0.2) is 9.84 Å². The van der Waals surface area contributed by atoms with Crippen molar-refractivity contribution >= 4 is 21.8 Å². The number of amides is 2. The van der Waals surface area contributed by atoms with Gasteiger partial charge in [-0.2, -0.15) is 0 Å². The molecule has 148 valence electrons. The fourth-order valence-electron chi connectivity index (χ4n) is 2.69. The van der Waals surface area contributed by atoms with Crippen molar-refractivity contribution in [1.29, 1.82) is 0 Å². The van der Waals surface area contributed by atoms with E-state index in [2.05, 4.69) is 5.32 Å². The average molecular weight is 406 g/mol. The third-order valence-electron chi connectivity index (χ3n) is 4.38. The van der Waals surface area contributed by atoms with Gasteiger partial charge in [0.2, 0.25) is 5.91 Å². The summed E-state index contributed by atoms with van der Waals surface area (Å²) in [6, 6.07) is 13.7. The lowest BCUT2D eigenvalue weighted by atomic mass is 10.2. The van der Waals surface area contributed by atoms with E-state index in [0.717, 1.165) is 17.7 Å². The van der Waals surface area contributed by atoms with Crippen LogP contribution in [0.5, 0.6) is 0 Å². The number of ether oxygens (including phenoxy) is 1. The Hall–Kier alpha value is -2.94. The summed E-state index contributed by atoms with van der Waals surface area (Å²) in [4.78, 5) is 25.1. The Morgan fingerprint density at radius 2 is 1.71 bits per heavy atom. The Kier molecular flexibility index (Phi) is 5.93. The molecule has 0 saturated carbocycles. The number of nitrogens with zero attached hydrogens (tertiary/aromatic N) is 1. The molecule has 2 aromatic carbocycles. The molecule has 1 fully saturated rings. The Bertz CT molecular complexity index is 942. The number of hydrogen-bond donors (Lipinski definition) is 1. The van der Waals surface area contributed by atoms with Crippen molar-refractivity contribution in [2.24, 2.45) is 0 Å². The molecule has 0 radical (unpaired) electrons. The van der Waals surface area contributed by atoms with Gasteiger partial charge in [-0.15, -0.1) is 0 Å². The van der Waals surface area contributed by atoms with Gasteiger partial charge in [-0.3, -0.25) is 4.79 Å². The first kappa shape index (κ1) is 19.8. The summed E-state index contributed by atoms with van der Waals surface area (Å²) in [5, 5.41) is 1.61. The van der Waals surface area contributed by atoms with Gasteiger partial charge in [0.05, 0.1) is 4.90 Å². The zero-order valence-corrected chi connectivity index (χ0v) is 15.7. The Morgan fingerprint density at radius 1 is 1.07 bits per heavy atom. The van der Waals surface area contributed by atoms with E-state index in [1.165, 1.54) is 17.0 Å². The molecule has 0 bridgehead atoms. The molecule has 0 unspecified atom stereocenters. The summed E-state index contributed by atoms with van der Waals surface area (Å²) < 4.78 is 42.8. The summed E-state index contributed by atoms with van der Waals surface area (Å²) in [6.07, 6.45) is -0.729. The van der Waals surface area contributed by atoms with E-state index in [1.54, 1.807) is 12.1 Å². The van der Waals surface area contributed by atoms with Crippen LogP contribution < -0.4 is 5.32 Å². The molecule has 0 aliphatic carbocycles. The Labute approximate surface area is 162 Å². The first-order chi connectivity index (χ1) is 13.4. The van der Waals surface area contributed by atoms with Crippen LogP contribution in [0.15, 0.2) is 59.5 Å². The molecular formula is C19H19FN2O5S. The van der Waals surface area contributed by atoms with Crippen LogP contribution in [0.25, 0.3) is 0 Å². The second-order valence-electron chi connectivity index (χ2n) is 6.33. The van der Waals surface area contributed by atoms with E-state index in [-0.39, 0.29) is 31.1 Å². The Morgan fingerprint density at radius 3 is 2.36 bits per heavy atom. The number of halogens is 1. The molecule has 1 heterocycles. The number of carbonyl (C=O) groups is 2. The molecule has 3 rings (SSSR count). The number of benzene rings is 2. The van der Waals surface area contributed by atoms with Crippen LogP contribution in [0, 0.1) is 5.82 Å². The summed E-state index contributed by atoms with van der Waals surface area (Å²) in [5.41, 5.74) is 0.820. The zero-order valence-electron chi connectivity index (χ0n) is 14.9. The van der Waals surface area contributed by atoms with Crippen molar-refractivity contribution in [3.8, 4) is 0 Å². The van der Waals surface area contributed by atoms with Crippen LogP contribution in [0.3, 0.4) is 0 Å². The molecule has 1 saturated heterocycles. The fraction of sp³-hybridized carbons (Fsp3) is 0.263. The van der Waals surface area contributed by atoms with Crippen LogP contribution in [-0.2, 0) is 26.0 Å². The van der Waals surface area contributed by atoms with Crippen LogP contribution >= 0.6 is 0 Å². The number of nitrogens with one attached hydrogen (secondary N) is 1. The summed E-state index contributed by atoms with van der Waals surface area (Å²) in [6.45, 7) is -0.141. The van der Waals surface area contributed by atoms with Gasteiger partial charge in [-0.1, -0.05) is 30.3 Å². The SMILES string of the molecule is O=C(NCC(=O)N1CC(S(=O)(=O)c2ccc(F)cc2)C1)OCc1ccccc1. The van der Waals surface area contributed by atoms with Crippen molar-refractivity contribution in [3.63, 3.8) is 0 Å². The predicted octanol–water partition coefficient (Wildman–Crippen LogP) is 1.74. The van der Waals surface area contributed by atoms with E-state index in [4.69, 9.17) is 4.74 Å². The first-order valence-electron chi connectivity index (χ1n) is 8.58. The maximum absolute atomic E-state index is 12.9. The smallest absolute Gasteiger partial charge is 0.407 e. The van der Waals surface area contributed by atoms with Crippen LogP contribution in [0.4, 0.5) is 9.18 Å². The van der Waals surface area contributed by atoms with E-state index in [1.807, 2.05) is 18.2 Å². The third kappa shape index (κ3) is 4.66. The molecule has 0 spiro atoms. The number of hydrogen-bond acceptors (Lipinski definition) is 5. The second-order valence-corrected chi connectivity index (χ2v) is 8.56. The summed E-state index contributed by atoms with van der Waals surface area (Å²) in [5.74, 6) is -0.920. The van der Waals surface area contributed by atoms with Gasteiger partial charge in [0.1, 0.15) is 24.2 Å². The van der Waals surface area contributed by atoms with Crippen LogP contribution in [0.2, 0.25) is 0 Å². The van der Waals surface area contributed by atoms with Crippen molar-refractivity contribution in [1.82, 2.24) is 10.2 Å². The molecule has 1 aliphatic rings. The number of sulfone groups is 1. The van der Waals surface area contributed by atoms with E-state index in [0.29, 0.717) is 0 Å².